The predicted octanol–water partition coefficient (Wildman–Crippen LogP) is 3.38. The lowest BCUT2D eigenvalue weighted by Crippen LogP contribution is -2.13. The number of hydrogen-bond acceptors (Lipinski definition) is 2. The Bertz CT molecular complexity index is 761. The summed E-state index contributed by atoms with van der Waals surface area (Å²) in [5, 5.41) is 2.10. The number of nitrogens with two attached hydrogens (primary N) is 1. The van der Waals surface area contributed by atoms with Gasteiger partial charge in [-0.25, -0.2) is 0 Å². The van der Waals surface area contributed by atoms with Crippen molar-refractivity contribution in [2.75, 3.05) is 0 Å². The van der Waals surface area contributed by atoms with E-state index in [0.29, 0.717) is 0 Å². The topological polar surface area (TPSA) is 56.2 Å². The number of amides is 1. The van der Waals surface area contributed by atoms with Crippen molar-refractivity contribution in [1.29, 1.82) is 0 Å². The molecule has 0 atom stereocenters. The molecule has 2 aromatic carbocycles. The summed E-state index contributed by atoms with van der Waals surface area (Å²) < 4.78 is 6.61. The van der Waals surface area contributed by atoms with E-state index in [-0.39, 0.29) is 12.3 Å². The van der Waals surface area contributed by atoms with Gasteiger partial charge in [-0.15, -0.1) is 0 Å². The first kappa shape index (κ1) is 11.3. The fraction of sp³-hybridized carbons (Fsp3) is 0.0714. The molecule has 0 aliphatic heterocycles. The van der Waals surface area contributed by atoms with Gasteiger partial charge in [-0.05, 0) is 27.6 Å². The molecule has 0 aliphatic rings. The van der Waals surface area contributed by atoms with E-state index in [1.165, 1.54) is 0 Å². The molecule has 1 aromatic heterocycles. The van der Waals surface area contributed by atoms with Crippen molar-refractivity contribution in [3.63, 3.8) is 0 Å². The molecule has 1 heterocycles. The second-order valence-corrected chi connectivity index (χ2v) is 4.95. The highest BCUT2D eigenvalue weighted by Gasteiger charge is 2.13. The number of rotatable bonds is 2. The van der Waals surface area contributed by atoms with Crippen molar-refractivity contribution in [2.24, 2.45) is 5.73 Å². The van der Waals surface area contributed by atoms with Crippen molar-refractivity contribution in [3.05, 3.63) is 46.4 Å². The molecule has 3 aromatic rings. The summed E-state index contributed by atoms with van der Waals surface area (Å²) in [5.41, 5.74) is 7.66. The van der Waals surface area contributed by atoms with Gasteiger partial charge in [0.15, 0.2) is 0 Å². The van der Waals surface area contributed by atoms with Crippen LogP contribution in [0.15, 0.2) is 45.3 Å². The number of para-hydroxylation sites is 1. The number of benzene rings is 2. The van der Waals surface area contributed by atoms with E-state index in [1.54, 1.807) is 0 Å². The van der Waals surface area contributed by atoms with E-state index in [0.717, 1.165) is 32.0 Å². The van der Waals surface area contributed by atoms with Gasteiger partial charge in [0.05, 0.1) is 10.9 Å². The van der Waals surface area contributed by atoms with Crippen LogP contribution in [0, 0.1) is 0 Å². The number of fused-ring (bicyclic) bond motifs is 3. The minimum absolute atomic E-state index is 0.202. The van der Waals surface area contributed by atoms with Crippen LogP contribution in [0.1, 0.15) is 5.56 Å². The standard InChI is InChI=1S/C14H10BrNO2/c15-13-8(7-12(16)17)5-6-10-9-3-1-2-4-11(9)18-14(10)13/h1-6H,7H2,(H2,16,17). The van der Waals surface area contributed by atoms with Gasteiger partial charge in [-0.1, -0.05) is 30.3 Å². The zero-order valence-corrected chi connectivity index (χ0v) is 11.0. The van der Waals surface area contributed by atoms with Gasteiger partial charge in [0.25, 0.3) is 0 Å². The highest BCUT2D eigenvalue weighted by Crippen LogP contribution is 2.35. The molecule has 0 saturated carbocycles. The third kappa shape index (κ3) is 1.69. The number of carbonyl (C=O) groups excluding carboxylic acids is 1. The average Bonchev–Trinajstić information content (AvgIpc) is 2.72. The second kappa shape index (κ2) is 4.14. The van der Waals surface area contributed by atoms with Crippen LogP contribution in [0.5, 0.6) is 0 Å². The van der Waals surface area contributed by atoms with Crippen LogP contribution in [-0.2, 0) is 11.2 Å². The van der Waals surface area contributed by atoms with Crippen LogP contribution in [0.3, 0.4) is 0 Å². The van der Waals surface area contributed by atoms with Crippen LogP contribution in [0.2, 0.25) is 0 Å². The summed E-state index contributed by atoms with van der Waals surface area (Å²) in [7, 11) is 0. The van der Waals surface area contributed by atoms with Crippen molar-refractivity contribution < 1.29 is 9.21 Å². The first-order valence-electron chi connectivity index (χ1n) is 5.54. The molecule has 0 fully saturated rings. The molecule has 0 bridgehead atoms. The third-order valence-electron chi connectivity index (χ3n) is 2.93. The highest BCUT2D eigenvalue weighted by atomic mass is 79.9. The van der Waals surface area contributed by atoms with Crippen molar-refractivity contribution in [1.82, 2.24) is 0 Å². The van der Waals surface area contributed by atoms with E-state index >= 15 is 0 Å². The van der Waals surface area contributed by atoms with Gasteiger partial charge < -0.3 is 10.2 Å². The van der Waals surface area contributed by atoms with Crippen LogP contribution >= 0.6 is 15.9 Å². The lowest BCUT2D eigenvalue weighted by Gasteiger charge is -2.01. The molecule has 0 aliphatic carbocycles. The predicted molar refractivity (Wildman–Crippen MR) is 74.3 cm³/mol. The van der Waals surface area contributed by atoms with Crippen LogP contribution in [-0.4, -0.2) is 5.91 Å². The molecule has 1 amide bonds. The SMILES string of the molecule is NC(=O)Cc1ccc2c(oc3ccccc32)c1Br. The molecule has 3 rings (SSSR count). The molecule has 0 spiro atoms. The molecule has 0 radical (unpaired) electrons. The Morgan fingerprint density at radius 1 is 1.17 bits per heavy atom. The van der Waals surface area contributed by atoms with Gasteiger partial charge in [0, 0.05) is 10.8 Å². The summed E-state index contributed by atoms with van der Waals surface area (Å²) in [6.07, 6.45) is 0.202. The first-order valence-corrected chi connectivity index (χ1v) is 6.33. The molecule has 3 nitrogen and oxygen atoms in total. The summed E-state index contributed by atoms with van der Waals surface area (Å²) in [6, 6.07) is 11.7. The van der Waals surface area contributed by atoms with Crippen molar-refractivity contribution in [2.45, 2.75) is 6.42 Å². The lowest BCUT2D eigenvalue weighted by atomic mass is 10.1. The molecule has 18 heavy (non-hydrogen) atoms. The Morgan fingerprint density at radius 2 is 1.94 bits per heavy atom. The van der Waals surface area contributed by atoms with Gasteiger partial charge >= 0.3 is 0 Å². The van der Waals surface area contributed by atoms with Gasteiger partial charge in [0.2, 0.25) is 5.91 Å². The minimum atomic E-state index is -0.355. The van der Waals surface area contributed by atoms with Crippen LogP contribution in [0.25, 0.3) is 21.9 Å². The van der Waals surface area contributed by atoms with E-state index in [2.05, 4.69) is 15.9 Å². The highest BCUT2D eigenvalue weighted by molar-refractivity contribution is 9.10. The summed E-state index contributed by atoms with van der Waals surface area (Å²) in [5.74, 6) is -0.355. The Balaban J connectivity index is 2.32. The molecule has 90 valence electrons. The van der Waals surface area contributed by atoms with Crippen LogP contribution < -0.4 is 5.73 Å². The van der Waals surface area contributed by atoms with Crippen molar-refractivity contribution in [3.8, 4) is 0 Å². The Kier molecular flexibility index (Phi) is 2.59. The quantitative estimate of drug-likeness (QED) is 0.789. The fourth-order valence-corrected chi connectivity index (χ4v) is 2.69. The van der Waals surface area contributed by atoms with Gasteiger partial charge in [0.1, 0.15) is 11.2 Å². The maximum atomic E-state index is 11.0. The first-order chi connectivity index (χ1) is 8.66. The molecule has 0 saturated heterocycles. The molecule has 0 unspecified atom stereocenters. The zero-order valence-electron chi connectivity index (χ0n) is 9.44. The molecule has 4 heteroatoms. The summed E-state index contributed by atoms with van der Waals surface area (Å²) >= 11 is 3.49. The maximum absolute atomic E-state index is 11.0. The van der Waals surface area contributed by atoms with E-state index in [1.807, 2.05) is 36.4 Å². The zero-order chi connectivity index (χ0) is 12.7. The van der Waals surface area contributed by atoms with Crippen LogP contribution in [0.4, 0.5) is 0 Å². The largest absolute Gasteiger partial charge is 0.455 e. The summed E-state index contributed by atoms with van der Waals surface area (Å²) in [4.78, 5) is 11.0. The number of hydrogen-bond donors (Lipinski definition) is 1. The number of furan rings is 1. The Hall–Kier alpha value is -1.81. The number of primary amides is 1. The number of halogens is 1. The monoisotopic (exact) mass is 303 g/mol. The number of carbonyl (C=O) groups is 1. The Morgan fingerprint density at radius 3 is 2.72 bits per heavy atom. The fourth-order valence-electron chi connectivity index (χ4n) is 2.12. The lowest BCUT2D eigenvalue weighted by molar-refractivity contribution is -0.117. The van der Waals surface area contributed by atoms with E-state index in [4.69, 9.17) is 10.2 Å². The maximum Gasteiger partial charge on any atom is 0.221 e. The van der Waals surface area contributed by atoms with E-state index < -0.39 is 0 Å². The average molecular weight is 304 g/mol. The second-order valence-electron chi connectivity index (χ2n) is 4.16. The third-order valence-corrected chi connectivity index (χ3v) is 3.80. The molecular weight excluding hydrogens is 294 g/mol. The smallest absolute Gasteiger partial charge is 0.221 e. The van der Waals surface area contributed by atoms with Gasteiger partial charge in [-0.3, -0.25) is 4.79 Å². The molecular formula is C14H10BrNO2. The minimum Gasteiger partial charge on any atom is -0.455 e. The van der Waals surface area contributed by atoms with Crippen molar-refractivity contribution >= 4 is 43.8 Å². The summed E-state index contributed by atoms with van der Waals surface area (Å²) in [6.45, 7) is 0. The Labute approximate surface area is 112 Å². The normalized spacial score (nSPS) is 11.2. The van der Waals surface area contributed by atoms with Gasteiger partial charge in [-0.2, -0.15) is 0 Å². The van der Waals surface area contributed by atoms with E-state index in [9.17, 15) is 4.79 Å². The molecule has 2 N–H and O–H groups in total.